The molecule has 2 N–H and O–H groups in total. The van der Waals surface area contributed by atoms with E-state index in [-0.39, 0.29) is 6.10 Å². The normalized spacial score (nSPS) is 13.0. The highest BCUT2D eigenvalue weighted by Gasteiger charge is 2.04. The van der Waals surface area contributed by atoms with Crippen LogP contribution < -0.4 is 5.32 Å². The molecule has 1 heterocycles. The van der Waals surface area contributed by atoms with E-state index < -0.39 is 0 Å². The Hall–Kier alpha value is -0.940. The van der Waals surface area contributed by atoms with Crippen LogP contribution in [0.3, 0.4) is 0 Å². The Morgan fingerprint density at radius 2 is 2.33 bits per heavy atom. The van der Waals surface area contributed by atoms with Crippen molar-refractivity contribution < 1.29 is 5.11 Å². The van der Waals surface area contributed by atoms with Crippen LogP contribution >= 0.6 is 0 Å². The molecule has 15 heavy (non-hydrogen) atoms. The molecule has 0 aromatic carbocycles. The largest absolute Gasteiger partial charge is 0.392 e. The summed E-state index contributed by atoms with van der Waals surface area (Å²) in [5.74, 6) is 0.918. The molecule has 0 aliphatic carbocycles. The van der Waals surface area contributed by atoms with Crippen LogP contribution in [-0.2, 0) is 13.1 Å². The van der Waals surface area contributed by atoms with Crippen molar-refractivity contribution in [3.63, 3.8) is 0 Å². The lowest BCUT2D eigenvalue weighted by atomic mass is 10.2. The first-order chi connectivity index (χ1) is 7.27. The van der Waals surface area contributed by atoms with E-state index in [1.165, 1.54) is 0 Å². The molecule has 1 unspecified atom stereocenters. The smallest absolute Gasteiger partial charge is 0.140 e. The molecular weight excluding hydrogens is 192 g/mol. The van der Waals surface area contributed by atoms with E-state index in [1.807, 2.05) is 11.6 Å². The maximum atomic E-state index is 9.50. The van der Waals surface area contributed by atoms with Crippen molar-refractivity contribution in [2.75, 3.05) is 6.54 Å². The fraction of sp³-hybridized carbons (Fsp3) is 0.800. The minimum Gasteiger partial charge on any atom is -0.392 e. The Bertz CT molecular complexity index is 274. The summed E-state index contributed by atoms with van der Waals surface area (Å²) in [6.45, 7) is 6.20. The van der Waals surface area contributed by atoms with Crippen LogP contribution in [-0.4, -0.2) is 32.5 Å². The van der Waals surface area contributed by atoms with Crippen molar-refractivity contribution >= 4 is 0 Å². The van der Waals surface area contributed by atoms with E-state index in [0.29, 0.717) is 13.1 Å². The molecule has 1 aromatic heterocycles. The number of hydrogen-bond donors (Lipinski definition) is 2. The van der Waals surface area contributed by atoms with Gasteiger partial charge in [0.05, 0.1) is 12.6 Å². The second-order valence-electron chi connectivity index (χ2n) is 3.57. The Kier molecular flexibility index (Phi) is 5.28. The fourth-order valence-corrected chi connectivity index (χ4v) is 1.48. The predicted octanol–water partition coefficient (Wildman–Crippen LogP) is 0.549. The molecule has 1 atom stereocenters. The average molecular weight is 212 g/mol. The van der Waals surface area contributed by atoms with Gasteiger partial charge in [-0.3, -0.25) is 0 Å². The maximum Gasteiger partial charge on any atom is 0.140 e. The summed E-state index contributed by atoms with van der Waals surface area (Å²) >= 11 is 0. The van der Waals surface area contributed by atoms with Gasteiger partial charge in [-0.1, -0.05) is 13.3 Å². The zero-order chi connectivity index (χ0) is 11.1. The van der Waals surface area contributed by atoms with Crippen LogP contribution in [0.2, 0.25) is 0 Å². The van der Waals surface area contributed by atoms with Crippen molar-refractivity contribution in [3.8, 4) is 0 Å². The molecule has 0 spiro atoms. The van der Waals surface area contributed by atoms with E-state index in [2.05, 4.69) is 22.3 Å². The number of aliphatic hydroxyl groups excluding tert-OH is 1. The number of aliphatic hydroxyl groups is 1. The molecule has 5 heteroatoms. The molecule has 0 radical (unpaired) electrons. The lowest BCUT2D eigenvalue weighted by Crippen LogP contribution is -2.27. The third kappa shape index (κ3) is 3.97. The van der Waals surface area contributed by atoms with E-state index in [0.717, 1.165) is 25.2 Å². The van der Waals surface area contributed by atoms with Crippen molar-refractivity contribution in [2.45, 2.75) is 45.9 Å². The number of aryl methyl sites for hydroxylation is 1. The molecule has 0 bridgehead atoms. The monoisotopic (exact) mass is 212 g/mol. The Balaban J connectivity index is 2.25. The molecule has 0 saturated carbocycles. The number of rotatable bonds is 7. The molecule has 0 aliphatic heterocycles. The summed E-state index contributed by atoms with van der Waals surface area (Å²) in [6, 6.07) is 0. The summed E-state index contributed by atoms with van der Waals surface area (Å²) in [4.78, 5) is 4.14. The van der Waals surface area contributed by atoms with Gasteiger partial charge in [-0.25, -0.2) is 9.67 Å². The van der Waals surface area contributed by atoms with E-state index in [9.17, 15) is 5.11 Å². The van der Waals surface area contributed by atoms with Gasteiger partial charge in [0, 0.05) is 13.1 Å². The summed E-state index contributed by atoms with van der Waals surface area (Å²) in [7, 11) is 0. The van der Waals surface area contributed by atoms with Gasteiger partial charge < -0.3 is 10.4 Å². The van der Waals surface area contributed by atoms with Gasteiger partial charge in [0.15, 0.2) is 0 Å². The second-order valence-corrected chi connectivity index (χ2v) is 3.57. The van der Waals surface area contributed by atoms with Crippen LogP contribution in [0.4, 0.5) is 0 Å². The zero-order valence-electron chi connectivity index (χ0n) is 9.48. The van der Waals surface area contributed by atoms with E-state index in [4.69, 9.17) is 0 Å². The summed E-state index contributed by atoms with van der Waals surface area (Å²) in [5, 5.41) is 16.7. The number of nitrogens with one attached hydrogen (secondary N) is 1. The number of hydrogen-bond acceptors (Lipinski definition) is 4. The van der Waals surface area contributed by atoms with Gasteiger partial charge in [0.2, 0.25) is 0 Å². The third-order valence-corrected chi connectivity index (χ3v) is 2.28. The Morgan fingerprint density at radius 1 is 1.53 bits per heavy atom. The van der Waals surface area contributed by atoms with Crippen LogP contribution in [0, 0.1) is 0 Å². The van der Waals surface area contributed by atoms with Crippen molar-refractivity contribution in [1.29, 1.82) is 0 Å². The average Bonchev–Trinajstić information content (AvgIpc) is 2.66. The summed E-state index contributed by atoms with van der Waals surface area (Å²) < 4.78 is 1.85. The predicted molar refractivity (Wildman–Crippen MR) is 58.3 cm³/mol. The van der Waals surface area contributed by atoms with E-state index in [1.54, 1.807) is 6.33 Å². The van der Waals surface area contributed by atoms with Gasteiger partial charge in [0.25, 0.3) is 0 Å². The first-order valence-electron chi connectivity index (χ1n) is 5.53. The zero-order valence-corrected chi connectivity index (χ0v) is 9.48. The van der Waals surface area contributed by atoms with Crippen LogP contribution in [0.25, 0.3) is 0 Å². The molecule has 1 rings (SSSR count). The highest BCUT2D eigenvalue weighted by atomic mass is 16.3. The second kappa shape index (κ2) is 6.53. The van der Waals surface area contributed by atoms with Crippen molar-refractivity contribution in [1.82, 2.24) is 20.1 Å². The topological polar surface area (TPSA) is 63.0 Å². The maximum absolute atomic E-state index is 9.50. The number of nitrogens with zero attached hydrogens (tertiary/aromatic N) is 3. The van der Waals surface area contributed by atoms with Gasteiger partial charge in [-0.2, -0.15) is 5.10 Å². The first kappa shape index (κ1) is 12.1. The quantitative estimate of drug-likeness (QED) is 0.693. The summed E-state index contributed by atoms with van der Waals surface area (Å²) in [5.41, 5.74) is 0. The van der Waals surface area contributed by atoms with Crippen molar-refractivity contribution in [3.05, 3.63) is 12.2 Å². The third-order valence-electron chi connectivity index (χ3n) is 2.28. The Morgan fingerprint density at radius 3 is 3.00 bits per heavy atom. The van der Waals surface area contributed by atoms with Crippen molar-refractivity contribution in [2.24, 2.45) is 0 Å². The van der Waals surface area contributed by atoms with Gasteiger partial charge in [0.1, 0.15) is 12.2 Å². The standard InChI is InChI=1S/C10H20N4O/c1-3-5-9(15)6-11-7-10-12-8-13-14(10)4-2/h8-9,11,15H,3-7H2,1-2H3. The molecule has 0 amide bonds. The number of aromatic nitrogens is 3. The molecule has 0 saturated heterocycles. The fourth-order valence-electron chi connectivity index (χ4n) is 1.48. The highest BCUT2D eigenvalue weighted by Crippen LogP contribution is 1.96. The van der Waals surface area contributed by atoms with Crippen LogP contribution in [0.1, 0.15) is 32.5 Å². The van der Waals surface area contributed by atoms with Gasteiger partial charge in [-0.05, 0) is 13.3 Å². The Labute approximate surface area is 90.5 Å². The lowest BCUT2D eigenvalue weighted by Gasteiger charge is -2.10. The molecule has 0 fully saturated rings. The van der Waals surface area contributed by atoms with Crippen LogP contribution in [0.15, 0.2) is 6.33 Å². The molecular formula is C10H20N4O. The van der Waals surface area contributed by atoms with Crippen LogP contribution in [0.5, 0.6) is 0 Å². The SMILES string of the molecule is CCCC(O)CNCc1ncnn1CC. The highest BCUT2D eigenvalue weighted by molar-refractivity contribution is 4.83. The minimum atomic E-state index is -0.256. The van der Waals surface area contributed by atoms with Gasteiger partial charge >= 0.3 is 0 Å². The minimum absolute atomic E-state index is 0.256. The first-order valence-corrected chi connectivity index (χ1v) is 5.53. The molecule has 1 aromatic rings. The molecule has 0 aliphatic rings. The summed E-state index contributed by atoms with van der Waals surface area (Å²) in [6.07, 6.45) is 3.15. The molecule has 86 valence electrons. The van der Waals surface area contributed by atoms with E-state index >= 15 is 0 Å². The molecule has 5 nitrogen and oxygen atoms in total. The lowest BCUT2D eigenvalue weighted by molar-refractivity contribution is 0.160. The van der Waals surface area contributed by atoms with Gasteiger partial charge in [-0.15, -0.1) is 0 Å².